The van der Waals surface area contributed by atoms with Gasteiger partial charge in [-0.1, -0.05) is 18.5 Å². The van der Waals surface area contributed by atoms with Gasteiger partial charge in [-0.2, -0.15) is 0 Å². The maximum Gasteiger partial charge on any atom is 0.338 e. The first kappa shape index (κ1) is 30.7. The van der Waals surface area contributed by atoms with Crippen LogP contribution in [0.2, 0.25) is 5.02 Å². The Morgan fingerprint density at radius 2 is 1.91 bits per heavy atom. The SMILES string of the molecule is COC1CCN([C@@H]2CCc3nc(C)n(CCOc4ccc(Cl)cc4-c4cc(C)nc5c(C(=O)O)csc45)c(=O)c3[C@@H]2C)CC1. The molecule has 3 aromatic heterocycles. The fourth-order valence-corrected chi connectivity index (χ4v) is 8.07. The molecule has 0 bridgehead atoms. The Hall–Kier alpha value is -3.31. The van der Waals surface area contributed by atoms with Crippen LogP contribution in [0.5, 0.6) is 5.75 Å². The smallest absolute Gasteiger partial charge is 0.338 e. The average molecular weight is 637 g/mol. The summed E-state index contributed by atoms with van der Waals surface area (Å²) in [7, 11) is 1.78. The monoisotopic (exact) mass is 636 g/mol. The van der Waals surface area contributed by atoms with Crippen molar-refractivity contribution in [3.63, 3.8) is 0 Å². The van der Waals surface area contributed by atoms with Gasteiger partial charge >= 0.3 is 5.97 Å². The highest BCUT2D eigenvalue weighted by Gasteiger charge is 2.36. The molecular formula is C33H37ClN4O5S. The molecule has 1 aliphatic heterocycles. The summed E-state index contributed by atoms with van der Waals surface area (Å²) in [6.45, 7) is 8.45. The molecule has 1 saturated heterocycles. The lowest BCUT2D eigenvalue weighted by Crippen LogP contribution is -2.48. The second-order valence-corrected chi connectivity index (χ2v) is 13.1. The van der Waals surface area contributed by atoms with E-state index in [1.807, 2.05) is 32.0 Å². The molecule has 4 aromatic rings. The van der Waals surface area contributed by atoms with Crippen LogP contribution in [0.4, 0.5) is 0 Å². The van der Waals surface area contributed by atoms with E-state index in [4.69, 9.17) is 26.1 Å². The minimum Gasteiger partial charge on any atom is -0.491 e. The maximum absolute atomic E-state index is 13.9. The van der Waals surface area contributed by atoms with Gasteiger partial charge in [0.2, 0.25) is 0 Å². The first-order chi connectivity index (χ1) is 21.2. The van der Waals surface area contributed by atoms with Crippen LogP contribution in [-0.2, 0) is 17.7 Å². The van der Waals surface area contributed by atoms with Crippen molar-refractivity contribution >= 4 is 39.1 Å². The molecule has 0 saturated carbocycles. The number of hydrogen-bond donors (Lipinski definition) is 1. The fourth-order valence-electron chi connectivity index (χ4n) is 6.89. The van der Waals surface area contributed by atoms with Gasteiger partial charge in [-0.05, 0) is 63.8 Å². The van der Waals surface area contributed by atoms with E-state index in [1.165, 1.54) is 11.3 Å². The first-order valence-corrected chi connectivity index (χ1v) is 16.3. The van der Waals surface area contributed by atoms with Gasteiger partial charge in [0.05, 0.1) is 34.1 Å². The summed E-state index contributed by atoms with van der Waals surface area (Å²) in [6.07, 6.45) is 4.17. The number of carbonyl (C=O) groups is 1. The van der Waals surface area contributed by atoms with Crippen molar-refractivity contribution in [2.45, 2.75) is 71.1 Å². The molecule has 6 rings (SSSR count). The van der Waals surface area contributed by atoms with Crippen LogP contribution >= 0.6 is 22.9 Å². The van der Waals surface area contributed by atoms with Gasteiger partial charge in [-0.25, -0.2) is 9.78 Å². The molecule has 1 fully saturated rings. The number of carboxylic acid groups (broad SMARTS) is 1. The lowest BCUT2D eigenvalue weighted by Gasteiger charge is -2.42. The number of fused-ring (bicyclic) bond motifs is 2. The Bertz CT molecular complexity index is 1780. The van der Waals surface area contributed by atoms with Crippen molar-refractivity contribution in [3.8, 4) is 16.9 Å². The third-order valence-corrected chi connectivity index (χ3v) is 10.4. The van der Waals surface area contributed by atoms with E-state index < -0.39 is 5.97 Å². The predicted molar refractivity (Wildman–Crippen MR) is 173 cm³/mol. The number of aromatic carboxylic acids is 1. The zero-order valence-corrected chi connectivity index (χ0v) is 27.0. The number of halogens is 1. The van der Waals surface area contributed by atoms with E-state index in [0.717, 1.165) is 65.9 Å². The van der Waals surface area contributed by atoms with Crippen LogP contribution in [0.15, 0.2) is 34.4 Å². The number of pyridine rings is 1. The maximum atomic E-state index is 13.9. The predicted octanol–water partition coefficient (Wildman–Crippen LogP) is 6.10. The molecule has 4 heterocycles. The van der Waals surface area contributed by atoms with Crippen molar-refractivity contribution in [1.29, 1.82) is 0 Å². The summed E-state index contributed by atoms with van der Waals surface area (Å²) in [5.74, 6) is 0.355. The van der Waals surface area contributed by atoms with Crippen LogP contribution in [0, 0.1) is 13.8 Å². The van der Waals surface area contributed by atoms with E-state index in [0.29, 0.717) is 46.5 Å². The van der Waals surface area contributed by atoms with Crippen molar-refractivity contribution in [3.05, 3.63) is 73.4 Å². The van der Waals surface area contributed by atoms with Gasteiger partial charge in [0.15, 0.2) is 0 Å². The normalized spacial score (nSPS) is 19.3. The summed E-state index contributed by atoms with van der Waals surface area (Å²) in [6, 6.07) is 7.63. The van der Waals surface area contributed by atoms with Gasteiger partial charge in [-0.3, -0.25) is 19.2 Å². The molecule has 2 atom stereocenters. The van der Waals surface area contributed by atoms with Crippen LogP contribution in [-0.4, -0.2) is 69.5 Å². The molecule has 1 aliphatic carbocycles. The molecule has 0 radical (unpaired) electrons. The van der Waals surface area contributed by atoms with Crippen molar-refractivity contribution in [2.75, 3.05) is 26.8 Å². The molecule has 1 aromatic carbocycles. The molecular weight excluding hydrogens is 600 g/mol. The summed E-state index contributed by atoms with van der Waals surface area (Å²) in [5.41, 5.74) is 4.63. The molecule has 1 N–H and O–H groups in total. The van der Waals surface area contributed by atoms with Gasteiger partial charge < -0.3 is 14.6 Å². The number of methoxy groups -OCH3 is 1. The van der Waals surface area contributed by atoms with Crippen LogP contribution in [0.3, 0.4) is 0 Å². The van der Waals surface area contributed by atoms with Crippen LogP contribution < -0.4 is 10.3 Å². The second kappa shape index (κ2) is 12.6. The van der Waals surface area contributed by atoms with E-state index in [1.54, 1.807) is 23.1 Å². The molecule has 0 spiro atoms. The first-order valence-electron chi connectivity index (χ1n) is 15.1. The van der Waals surface area contributed by atoms with Crippen LogP contribution in [0.25, 0.3) is 21.3 Å². The summed E-state index contributed by atoms with van der Waals surface area (Å²) in [5, 5.41) is 11.8. The number of thiophene rings is 1. The number of benzene rings is 1. The minimum atomic E-state index is -1.02. The largest absolute Gasteiger partial charge is 0.491 e. The molecule has 232 valence electrons. The second-order valence-electron chi connectivity index (χ2n) is 11.8. The molecule has 11 heteroatoms. The number of nitrogens with zero attached hydrogens (tertiary/aromatic N) is 4. The number of likely N-dealkylation sites (tertiary alicyclic amines) is 1. The number of carboxylic acids is 1. The molecule has 0 unspecified atom stereocenters. The highest BCUT2D eigenvalue weighted by Crippen LogP contribution is 2.40. The number of rotatable bonds is 8. The molecule has 44 heavy (non-hydrogen) atoms. The third kappa shape index (κ3) is 5.76. The van der Waals surface area contributed by atoms with E-state index in [2.05, 4.69) is 16.8 Å². The Morgan fingerprint density at radius 1 is 1.14 bits per heavy atom. The summed E-state index contributed by atoms with van der Waals surface area (Å²) in [4.78, 5) is 37.7. The molecule has 0 amide bonds. The van der Waals surface area contributed by atoms with Crippen molar-refractivity contribution < 1.29 is 19.4 Å². The van der Waals surface area contributed by atoms with Gasteiger partial charge in [0, 0.05) is 64.9 Å². The lowest BCUT2D eigenvalue weighted by atomic mass is 9.81. The summed E-state index contributed by atoms with van der Waals surface area (Å²) < 4.78 is 14.4. The van der Waals surface area contributed by atoms with Crippen LogP contribution in [0.1, 0.15) is 65.2 Å². The van der Waals surface area contributed by atoms with Crippen molar-refractivity contribution in [1.82, 2.24) is 19.4 Å². The Balaban J connectivity index is 1.25. The van der Waals surface area contributed by atoms with E-state index >= 15 is 0 Å². The number of aryl methyl sites for hydroxylation is 3. The van der Waals surface area contributed by atoms with Gasteiger partial charge in [0.1, 0.15) is 18.2 Å². The standard InChI is InChI=1S/C33H37ClN4O5S/c1-18-15-24(31-30(35-18)25(17-44-31)33(40)41)23-16-21(34)5-8-28(23)43-14-13-38-20(3)36-26-6-7-27(19(2)29(26)32(38)39)37-11-9-22(42-4)10-12-37/h5,8,15-17,19,22,27H,6-7,9-14H2,1-4H3,(H,40,41)/t19-,27-/m1/s1. The highest BCUT2D eigenvalue weighted by atomic mass is 35.5. The zero-order valence-electron chi connectivity index (χ0n) is 25.4. The third-order valence-electron chi connectivity index (χ3n) is 9.15. The van der Waals surface area contributed by atoms with E-state index in [-0.39, 0.29) is 23.6 Å². The quantitative estimate of drug-likeness (QED) is 0.247. The summed E-state index contributed by atoms with van der Waals surface area (Å²) >= 11 is 7.75. The number of ether oxygens (including phenoxy) is 2. The fraction of sp³-hybridized carbons (Fsp3) is 0.455. The Kier molecular flexibility index (Phi) is 8.79. The highest BCUT2D eigenvalue weighted by molar-refractivity contribution is 7.18. The molecule has 2 aliphatic rings. The number of aromatic nitrogens is 3. The minimum absolute atomic E-state index is 0.0164. The van der Waals surface area contributed by atoms with E-state index in [9.17, 15) is 14.7 Å². The lowest BCUT2D eigenvalue weighted by molar-refractivity contribution is 0.0205. The Labute approximate surface area is 265 Å². The topological polar surface area (TPSA) is 107 Å². The van der Waals surface area contributed by atoms with Crippen molar-refractivity contribution in [2.24, 2.45) is 0 Å². The number of piperidine rings is 1. The zero-order chi connectivity index (χ0) is 31.1. The average Bonchev–Trinajstić information content (AvgIpc) is 3.43. The Morgan fingerprint density at radius 3 is 2.64 bits per heavy atom. The molecule has 9 nitrogen and oxygen atoms in total. The van der Waals surface area contributed by atoms with Gasteiger partial charge in [-0.15, -0.1) is 11.3 Å². The van der Waals surface area contributed by atoms with Gasteiger partial charge in [0.25, 0.3) is 5.56 Å². The number of hydrogen-bond acceptors (Lipinski definition) is 8.